The van der Waals surface area contributed by atoms with Crippen LogP contribution in [-0.4, -0.2) is 37.2 Å². The Balaban J connectivity index is 1.91. The molecular weight excluding hydrogens is 260 g/mol. The molecule has 0 spiro atoms. The van der Waals surface area contributed by atoms with Crippen LogP contribution in [0.15, 0.2) is 24.3 Å². The number of ether oxygens (including phenoxy) is 1. The lowest BCUT2D eigenvalue weighted by atomic mass is 9.99. The molecule has 1 aliphatic heterocycles. The van der Waals surface area contributed by atoms with Gasteiger partial charge in [0.05, 0.1) is 6.10 Å². The van der Waals surface area contributed by atoms with Gasteiger partial charge in [0.25, 0.3) is 0 Å². The van der Waals surface area contributed by atoms with Crippen molar-refractivity contribution in [2.45, 2.75) is 45.8 Å². The molecule has 1 heterocycles. The summed E-state index contributed by atoms with van der Waals surface area (Å²) in [6, 6.07) is 8.93. The van der Waals surface area contributed by atoms with Crippen LogP contribution in [0.25, 0.3) is 0 Å². The number of rotatable bonds is 5. The molecule has 118 valence electrons. The Kier molecular flexibility index (Phi) is 6.22. The Labute approximate surface area is 129 Å². The van der Waals surface area contributed by atoms with Gasteiger partial charge in [0, 0.05) is 32.3 Å². The molecule has 2 unspecified atom stereocenters. The minimum atomic E-state index is 0.0865. The van der Waals surface area contributed by atoms with Crippen LogP contribution in [0.4, 0.5) is 0 Å². The summed E-state index contributed by atoms with van der Waals surface area (Å²) in [6.45, 7) is 10.5. The third-order valence-electron chi connectivity index (χ3n) is 4.04. The van der Waals surface area contributed by atoms with E-state index in [1.165, 1.54) is 11.1 Å². The summed E-state index contributed by atoms with van der Waals surface area (Å²) < 4.78 is 5.69. The van der Waals surface area contributed by atoms with Crippen molar-refractivity contribution in [3.05, 3.63) is 35.4 Å². The molecule has 0 radical (unpaired) electrons. The van der Waals surface area contributed by atoms with E-state index in [4.69, 9.17) is 10.5 Å². The zero-order chi connectivity index (χ0) is 15.2. The highest BCUT2D eigenvalue weighted by atomic mass is 16.5. The van der Waals surface area contributed by atoms with Gasteiger partial charge in [-0.05, 0) is 36.8 Å². The van der Waals surface area contributed by atoms with E-state index in [0.717, 1.165) is 39.1 Å². The topological polar surface area (TPSA) is 38.5 Å². The fraction of sp³-hybridized carbons (Fsp3) is 0.667. The molecule has 1 fully saturated rings. The first-order valence-electron chi connectivity index (χ1n) is 8.23. The Morgan fingerprint density at radius 2 is 2.00 bits per heavy atom. The van der Waals surface area contributed by atoms with Gasteiger partial charge in [0.15, 0.2) is 0 Å². The van der Waals surface area contributed by atoms with Crippen molar-refractivity contribution in [3.63, 3.8) is 0 Å². The summed E-state index contributed by atoms with van der Waals surface area (Å²) in [6.07, 6.45) is 2.55. The van der Waals surface area contributed by atoms with Gasteiger partial charge < -0.3 is 10.5 Å². The van der Waals surface area contributed by atoms with E-state index in [1.807, 2.05) is 0 Å². The van der Waals surface area contributed by atoms with Gasteiger partial charge in [-0.25, -0.2) is 0 Å². The SMILES string of the molecule is CC(C)Cc1ccc(C(N)CN2CCCOC(C)C2)cc1. The normalized spacial score (nSPS) is 22.2. The summed E-state index contributed by atoms with van der Waals surface area (Å²) in [5, 5.41) is 0. The molecule has 1 aromatic rings. The lowest BCUT2D eigenvalue weighted by molar-refractivity contribution is 0.0670. The Morgan fingerprint density at radius 1 is 1.29 bits per heavy atom. The molecule has 1 aliphatic rings. The number of nitrogens with two attached hydrogens (primary N) is 1. The van der Waals surface area contributed by atoms with Crippen molar-refractivity contribution in [3.8, 4) is 0 Å². The fourth-order valence-corrected chi connectivity index (χ4v) is 3.00. The predicted molar refractivity (Wildman–Crippen MR) is 88.4 cm³/mol. The monoisotopic (exact) mass is 290 g/mol. The Bertz CT molecular complexity index is 416. The Hall–Kier alpha value is -0.900. The molecule has 0 aliphatic carbocycles. The van der Waals surface area contributed by atoms with Gasteiger partial charge in [-0.3, -0.25) is 4.90 Å². The molecule has 2 N–H and O–H groups in total. The van der Waals surface area contributed by atoms with E-state index in [1.54, 1.807) is 0 Å². The molecule has 0 bridgehead atoms. The first-order valence-corrected chi connectivity index (χ1v) is 8.23. The van der Waals surface area contributed by atoms with E-state index < -0.39 is 0 Å². The minimum absolute atomic E-state index is 0.0865. The number of hydrogen-bond acceptors (Lipinski definition) is 3. The van der Waals surface area contributed by atoms with Crippen molar-refractivity contribution in [1.82, 2.24) is 4.90 Å². The van der Waals surface area contributed by atoms with Crippen molar-refractivity contribution in [1.29, 1.82) is 0 Å². The zero-order valence-electron chi connectivity index (χ0n) is 13.7. The smallest absolute Gasteiger partial charge is 0.0673 e. The maximum absolute atomic E-state index is 6.39. The van der Waals surface area contributed by atoms with E-state index in [9.17, 15) is 0 Å². The molecular formula is C18H30N2O. The maximum Gasteiger partial charge on any atom is 0.0673 e. The molecule has 0 amide bonds. The summed E-state index contributed by atoms with van der Waals surface area (Å²) >= 11 is 0. The van der Waals surface area contributed by atoms with Gasteiger partial charge in [-0.1, -0.05) is 38.1 Å². The highest BCUT2D eigenvalue weighted by Crippen LogP contribution is 2.16. The third kappa shape index (κ3) is 5.42. The van der Waals surface area contributed by atoms with Gasteiger partial charge in [0.1, 0.15) is 0 Å². The van der Waals surface area contributed by atoms with Crippen molar-refractivity contribution in [2.24, 2.45) is 11.7 Å². The second-order valence-electron chi connectivity index (χ2n) is 6.74. The minimum Gasteiger partial charge on any atom is -0.377 e. The second kappa shape index (κ2) is 7.92. The molecule has 0 saturated carbocycles. The molecule has 2 atom stereocenters. The molecule has 3 heteroatoms. The fourth-order valence-electron chi connectivity index (χ4n) is 3.00. The summed E-state index contributed by atoms with van der Waals surface area (Å²) in [7, 11) is 0. The zero-order valence-corrected chi connectivity index (χ0v) is 13.7. The summed E-state index contributed by atoms with van der Waals surface area (Å²) in [5.74, 6) is 0.697. The average Bonchev–Trinajstić information content (AvgIpc) is 2.63. The molecule has 3 nitrogen and oxygen atoms in total. The van der Waals surface area contributed by atoms with Crippen LogP contribution in [0, 0.1) is 5.92 Å². The lowest BCUT2D eigenvalue weighted by Crippen LogP contribution is -2.36. The number of benzene rings is 1. The van der Waals surface area contributed by atoms with Crippen molar-refractivity contribution in [2.75, 3.05) is 26.2 Å². The highest BCUT2D eigenvalue weighted by Gasteiger charge is 2.18. The van der Waals surface area contributed by atoms with Crippen LogP contribution in [0.2, 0.25) is 0 Å². The van der Waals surface area contributed by atoms with Crippen molar-refractivity contribution >= 4 is 0 Å². The highest BCUT2D eigenvalue weighted by molar-refractivity contribution is 5.25. The molecule has 2 rings (SSSR count). The standard InChI is InChI=1S/C18H30N2O/c1-14(2)11-16-5-7-17(8-6-16)18(19)13-20-9-4-10-21-15(3)12-20/h5-8,14-15,18H,4,9-13,19H2,1-3H3. The predicted octanol–water partition coefficient (Wildman–Crippen LogP) is 3.00. The average molecular weight is 290 g/mol. The first kappa shape index (κ1) is 16.5. The summed E-state index contributed by atoms with van der Waals surface area (Å²) in [4.78, 5) is 2.43. The van der Waals surface area contributed by atoms with E-state index in [-0.39, 0.29) is 6.04 Å². The van der Waals surface area contributed by atoms with Crippen LogP contribution in [-0.2, 0) is 11.2 Å². The van der Waals surface area contributed by atoms with Crippen molar-refractivity contribution < 1.29 is 4.74 Å². The van der Waals surface area contributed by atoms with Gasteiger partial charge in [-0.2, -0.15) is 0 Å². The van der Waals surface area contributed by atoms with Crippen LogP contribution >= 0.6 is 0 Å². The Morgan fingerprint density at radius 3 is 2.67 bits per heavy atom. The largest absolute Gasteiger partial charge is 0.377 e. The molecule has 1 aromatic carbocycles. The molecule has 1 saturated heterocycles. The van der Waals surface area contributed by atoms with Crippen LogP contribution in [0.5, 0.6) is 0 Å². The number of hydrogen-bond donors (Lipinski definition) is 1. The van der Waals surface area contributed by atoms with Gasteiger partial charge >= 0.3 is 0 Å². The van der Waals surface area contributed by atoms with E-state index in [0.29, 0.717) is 12.0 Å². The van der Waals surface area contributed by atoms with Crippen LogP contribution in [0.1, 0.15) is 44.4 Å². The maximum atomic E-state index is 6.39. The van der Waals surface area contributed by atoms with Gasteiger partial charge in [0.2, 0.25) is 0 Å². The third-order valence-corrected chi connectivity index (χ3v) is 4.04. The first-order chi connectivity index (χ1) is 10.0. The van der Waals surface area contributed by atoms with Crippen LogP contribution < -0.4 is 5.73 Å². The molecule has 0 aromatic heterocycles. The second-order valence-corrected chi connectivity index (χ2v) is 6.74. The van der Waals surface area contributed by atoms with Crippen LogP contribution in [0.3, 0.4) is 0 Å². The lowest BCUT2D eigenvalue weighted by Gasteiger charge is -2.25. The van der Waals surface area contributed by atoms with E-state index >= 15 is 0 Å². The molecule has 21 heavy (non-hydrogen) atoms. The van der Waals surface area contributed by atoms with Gasteiger partial charge in [-0.15, -0.1) is 0 Å². The van der Waals surface area contributed by atoms with E-state index in [2.05, 4.69) is 49.9 Å². The number of nitrogens with zero attached hydrogens (tertiary/aromatic N) is 1. The quantitative estimate of drug-likeness (QED) is 0.906. The summed E-state index contributed by atoms with van der Waals surface area (Å²) in [5.41, 5.74) is 9.03.